The molecule has 2 aromatic carbocycles. The SMILES string of the molecule is COc1ccc(Br)cc1[C@H]1CC(=O)Nc2c1c(C)nn2-c1nc2ccc(Br)cc2s1. The number of benzene rings is 2. The van der Waals surface area contributed by atoms with Crippen molar-refractivity contribution >= 4 is 65.1 Å². The largest absolute Gasteiger partial charge is 0.496 e. The number of fused-ring (bicyclic) bond motifs is 2. The first-order chi connectivity index (χ1) is 14.4. The van der Waals surface area contributed by atoms with Crippen LogP contribution in [0.2, 0.25) is 0 Å². The number of halogens is 2. The maximum Gasteiger partial charge on any atom is 0.226 e. The van der Waals surface area contributed by atoms with E-state index in [1.54, 1.807) is 11.8 Å². The van der Waals surface area contributed by atoms with Crippen LogP contribution in [0.3, 0.4) is 0 Å². The van der Waals surface area contributed by atoms with E-state index in [2.05, 4.69) is 37.2 Å². The third-order valence-corrected chi connectivity index (χ3v) is 7.17. The van der Waals surface area contributed by atoms with Gasteiger partial charge in [-0.15, -0.1) is 0 Å². The number of hydrogen-bond donors (Lipinski definition) is 1. The summed E-state index contributed by atoms with van der Waals surface area (Å²) in [6.07, 6.45) is 0.332. The number of nitrogens with zero attached hydrogens (tertiary/aromatic N) is 3. The maximum absolute atomic E-state index is 12.7. The van der Waals surface area contributed by atoms with Gasteiger partial charge in [-0.25, -0.2) is 4.98 Å². The van der Waals surface area contributed by atoms with Crippen LogP contribution in [0.1, 0.15) is 29.2 Å². The monoisotopic (exact) mass is 546 g/mol. The number of ether oxygens (including phenoxy) is 1. The van der Waals surface area contributed by atoms with Crippen molar-refractivity contribution in [3.8, 4) is 10.9 Å². The summed E-state index contributed by atoms with van der Waals surface area (Å²) in [5.41, 5.74) is 3.70. The summed E-state index contributed by atoms with van der Waals surface area (Å²) in [6, 6.07) is 11.8. The van der Waals surface area contributed by atoms with Gasteiger partial charge in [0, 0.05) is 32.4 Å². The van der Waals surface area contributed by atoms with E-state index in [-0.39, 0.29) is 11.8 Å². The molecule has 30 heavy (non-hydrogen) atoms. The van der Waals surface area contributed by atoms with Crippen LogP contribution >= 0.6 is 43.2 Å². The maximum atomic E-state index is 12.7. The highest BCUT2D eigenvalue weighted by atomic mass is 79.9. The van der Waals surface area contributed by atoms with Gasteiger partial charge >= 0.3 is 0 Å². The van der Waals surface area contributed by atoms with Crippen molar-refractivity contribution in [2.45, 2.75) is 19.3 Å². The van der Waals surface area contributed by atoms with Gasteiger partial charge in [-0.2, -0.15) is 9.78 Å². The molecule has 1 amide bonds. The van der Waals surface area contributed by atoms with Gasteiger partial charge in [-0.3, -0.25) is 4.79 Å². The lowest BCUT2D eigenvalue weighted by atomic mass is 9.85. The number of carbonyl (C=O) groups is 1. The Morgan fingerprint density at radius 1 is 1.20 bits per heavy atom. The van der Waals surface area contributed by atoms with Crippen molar-refractivity contribution < 1.29 is 9.53 Å². The molecule has 5 rings (SSSR count). The molecular formula is C21H16Br2N4O2S. The van der Waals surface area contributed by atoms with Crippen LogP contribution < -0.4 is 10.1 Å². The Hall–Kier alpha value is -2.23. The molecular weight excluding hydrogens is 532 g/mol. The molecule has 0 radical (unpaired) electrons. The number of carbonyl (C=O) groups excluding carboxylic acids is 1. The molecule has 1 aliphatic heterocycles. The molecule has 152 valence electrons. The van der Waals surface area contributed by atoms with Gasteiger partial charge < -0.3 is 10.1 Å². The Labute approximate surface area is 193 Å². The molecule has 1 N–H and O–H groups in total. The summed E-state index contributed by atoms with van der Waals surface area (Å²) in [4.78, 5) is 17.4. The standard InChI is InChI=1S/C21H16Br2N4O2S/c1-10-19-14(13-7-11(22)4-6-16(13)29-2)9-18(28)25-20(19)27(26-10)21-24-15-5-3-12(23)8-17(15)30-21/h3-8,14H,9H2,1-2H3,(H,25,28)/t14-/m1/s1. The lowest BCUT2D eigenvalue weighted by Gasteiger charge is -2.25. The fourth-order valence-electron chi connectivity index (χ4n) is 3.91. The second kappa shape index (κ2) is 7.47. The molecule has 4 aromatic rings. The van der Waals surface area contributed by atoms with Crippen molar-refractivity contribution in [1.29, 1.82) is 0 Å². The quantitative estimate of drug-likeness (QED) is 0.352. The normalized spacial score (nSPS) is 15.9. The number of aromatic nitrogens is 3. The highest BCUT2D eigenvalue weighted by molar-refractivity contribution is 9.10. The van der Waals surface area contributed by atoms with Crippen molar-refractivity contribution in [2.24, 2.45) is 0 Å². The number of aryl methyl sites for hydroxylation is 1. The van der Waals surface area contributed by atoms with Gasteiger partial charge in [0.15, 0.2) is 0 Å². The third-order valence-electron chi connectivity index (χ3n) is 5.19. The Bertz CT molecular complexity index is 1310. The molecule has 0 saturated heterocycles. The zero-order valence-corrected chi connectivity index (χ0v) is 20.1. The molecule has 3 heterocycles. The van der Waals surface area contributed by atoms with E-state index in [1.807, 2.05) is 43.3 Å². The lowest BCUT2D eigenvalue weighted by Crippen LogP contribution is -2.25. The second-order valence-electron chi connectivity index (χ2n) is 7.06. The van der Waals surface area contributed by atoms with E-state index >= 15 is 0 Å². The molecule has 0 spiro atoms. The number of amides is 1. The third kappa shape index (κ3) is 3.25. The van der Waals surface area contributed by atoms with E-state index in [1.165, 1.54) is 11.3 Å². The average Bonchev–Trinajstić information content (AvgIpc) is 3.27. The summed E-state index contributed by atoms with van der Waals surface area (Å²) in [7, 11) is 1.64. The van der Waals surface area contributed by atoms with Crippen LogP contribution in [0.15, 0.2) is 45.3 Å². The molecule has 1 atom stereocenters. The van der Waals surface area contributed by atoms with Crippen LogP contribution in [0, 0.1) is 6.92 Å². The summed E-state index contributed by atoms with van der Waals surface area (Å²) in [6.45, 7) is 1.97. The summed E-state index contributed by atoms with van der Waals surface area (Å²) in [5, 5.41) is 8.49. The number of methoxy groups -OCH3 is 1. The van der Waals surface area contributed by atoms with Gasteiger partial charge in [-0.05, 0) is 43.3 Å². The number of anilines is 1. The molecule has 6 nitrogen and oxygen atoms in total. The second-order valence-corrected chi connectivity index (χ2v) is 9.90. The molecule has 0 aliphatic carbocycles. The van der Waals surface area contributed by atoms with Crippen molar-refractivity contribution in [3.05, 3.63) is 62.2 Å². The Morgan fingerprint density at radius 2 is 1.97 bits per heavy atom. The fourth-order valence-corrected chi connectivity index (χ4v) is 5.76. The molecule has 0 fully saturated rings. The fraction of sp³-hybridized carbons (Fsp3) is 0.190. The minimum absolute atomic E-state index is 0.0560. The van der Waals surface area contributed by atoms with E-state index in [0.717, 1.165) is 46.9 Å². The Kier molecular flexibility index (Phi) is 4.91. The molecule has 1 aliphatic rings. The lowest BCUT2D eigenvalue weighted by molar-refractivity contribution is -0.116. The van der Waals surface area contributed by atoms with Gasteiger partial charge in [0.25, 0.3) is 0 Å². The zero-order chi connectivity index (χ0) is 21.0. The highest BCUT2D eigenvalue weighted by Crippen LogP contribution is 2.44. The van der Waals surface area contributed by atoms with Crippen LogP contribution in [0.5, 0.6) is 5.75 Å². The molecule has 0 unspecified atom stereocenters. The van der Waals surface area contributed by atoms with E-state index in [4.69, 9.17) is 14.8 Å². The first-order valence-corrected chi connectivity index (χ1v) is 11.6. The Morgan fingerprint density at radius 3 is 2.77 bits per heavy atom. The Balaban J connectivity index is 1.69. The minimum atomic E-state index is -0.154. The van der Waals surface area contributed by atoms with E-state index < -0.39 is 0 Å². The van der Waals surface area contributed by atoms with Crippen molar-refractivity contribution in [3.63, 3.8) is 0 Å². The number of hydrogen-bond acceptors (Lipinski definition) is 5. The van der Waals surface area contributed by atoms with Crippen LogP contribution in [-0.4, -0.2) is 27.8 Å². The van der Waals surface area contributed by atoms with E-state index in [0.29, 0.717) is 12.2 Å². The smallest absolute Gasteiger partial charge is 0.226 e. The average molecular weight is 548 g/mol. The first kappa shape index (κ1) is 19.7. The summed E-state index contributed by atoms with van der Waals surface area (Å²) >= 11 is 8.59. The topological polar surface area (TPSA) is 69.0 Å². The molecule has 9 heteroatoms. The number of rotatable bonds is 3. The zero-order valence-electron chi connectivity index (χ0n) is 16.1. The predicted molar refractivity (Wildman–Crippen MR) is 125 cm³/mol. The van der Waals surface area contributed by atoms with Crippen LogP contribution in [0.4, 0.5) is 5.82 Å². The first-order valence-electron chi connectivity index (χ1n) is 9.24. The molecule has 0 bridgehead atoms. The van der Waals surface area contributed by atoms with Gasteiger partial charge in [-0.1, -0.05) is 43.2 Å². The van der Waals surface area contributed by atoms with Gasteiger partial charge in [0.1, 0.15) is 11.6 Å². The van der Waals surface area contributed by atoms with Crippen LogP contribution in [-0.2, 0) is 4.79 Å². The minimum Gasteiger partial charge on any atom is -0.496 e. The number of nitrogens with one attached hydrogen (secondary N) is 1. The van der Waals surface area contributed by atoms with Crippen molar-refractivity contribution in [1.82, 2.24) is 14.8 Å². The molecule has 0 saturated carbocycles. The van der Waals surface area contributed by atoms with E-state index in [9.17, 15) is 4.79 Å². The summed E-state index contributed by atoms with van der Waals surface area (Å²) < 4.78 is 10.3. The van der Waals surface area contributed by atoms with Gasteiger partial charge in [0.2, 0.25) is 11.0 Å². The predicted octanol–water partition coefficient (Wildman–Crippen LogP) is 5.80. The van der Waals surface area contributed by atoms with Crippen molar-refractivity contribution in [2.75, 3.05) is 12.4 Å². The molecule has 2 aromatic heterocycles. The highest BCUT2D eigenvalue weighted by Gasteiger charge is 2.34. The number of thiazole rings is 1. The summed E-state index contributed by atoms with van der Waals surface area (Å²) in [5.74, 6) is 1.22. The van der Waals surface area contributed by atoms with Gasteiger partial charge in [0.05, 0.1) is 23.0 Å². The van der Waals surface area contributed by atoms with Crippen LogP contribution in [0.25, 0.3) is 15.3 Å².